The predicted octanol–water partition coefficient (Wildman–Crippen LogP) is 4.63. The van der Waals surface area contributed by atoms with Crippen molar-refractivity contribution in [3.05, 3.63) is 66.1 Å². The highest BCUT2D eigenvalue weighted by atomic mass is 16.5. The minimum Gasteiger partial charge on any atom is -0.358 e. The number of ether oxygens (including phenoxy) is 1. The molecule has 9 nitrogen and oxygen atoms in total. The van der Waals surface area contributed by atoms with Crippen LogP contribution >= 0.6 is 0 Å². The van der Waals surface area contributed by atoms with Crippen molar-refractivity contribution in [3.8, 4) is 0 Å². The maximum Gasteiger partial charge on any atom is 0.268 e. The van der Waals surface area contributed by atoms with Crippen LogP contribution in [0.25, 0.3) is 21.9 Å². The molecule has 206 valence electrons. The van der Waals surface area contributed by atoms with Crippen molar-refractivity contribution in [2.24, 2.45) is 5.41 Å². The molecule has 38 heavy (non-hydrogen) atoms. The summed E-state index contributed by atoms with van der Waals surface area (Å²) in [6.07, 6.45) is 0. The Morgan fingerprint density at radius 2 is 1.84 bits per heavy atom. The van der Waals surface area contributed by atoms with Gasteiger partial charge in [0, 0.05) is 40.9 Å². The smallest absolute Gasteiger partial charge is 0.268 e. The van der Waals surface area contributed by atoms with Gasteiger partial charge >= 0.3 is 0 Å². The fourth-order valence-electron chi connectivity index (χ4n) is 5.04. The molecule has 2 atom stereocenters. The molecular formula is C29H42N6O3. The first-order valence-electron chi connectivity index (χ1n) is 13.1. The standard InChI is InChI=1S/C29H36N6O3.3H2/c1-19-16-34(18-38-17-25-31-22-11-7-8-12-23(22)32-25)13-14-35(19)28(37)26(29(2,3)4)33-27(36)24-15-20-9-5-6-10-21(20)30-24;;;/h5-12,15,19,26,30H,13-14,16-18H2,1-4H3,(H,31,32)(H,33,36);3*1H/t19?,26-;;;/m1.../s1. The highest BCUT2D eigenvalue weighted by molar-refractivity contribution is 6.00. The molecule has 2 aromatic heterocycles. The quantitative estimate of drug-likeness (QED) is 0.328. The number of para-hydroxylation sites is 3. The van der Waals surface area contributed by atoms with E-state index in [0.29, 0.717) is 38.7 Å². The number of aromatic amines is 2. The lowest BCUT2D eigenvalue weighted by Gasteiger charge is -2.43. The SMILES string of the molecule is CC1CN(COCc2nc3ccccc3[nH]2)CCN1C(=O)[C@@H](NC(=O)c1cc2ccccc2[nH]1)C(C)(C)C.[HH].[HH].[HH]. The van der Waals surface area contributed by atoms with Crippen LogP contribution in [0.4, 0.5) is 0 Å². The van der Waals surface area contributed by atoms with E-state index in [1.54, 1.807) is 0 Å². The van der Waals surface area contributed by atoms with Crippen LogP contribution in [-0.2, 0) is 16.1 Å². The van der Waals surface area contributed by atoms with E-state index >= 15 is 0 Å². The molecule has 1 aliphatic rings. The number of carbonyl (C=O) groups excluding carboxylic acids is 2. The van der Waals surface area contributed by atoms with Crippen molar-refractivity contribution in [2.45, 2.75) is 46.4 Å². The number of nitrogens with zero attached hydrogens (tertiary/aromatic N) is 3. The van der Waals surface area contributed by atoms with Gasteiger partial charge in [-0.2, -0.15) is 0 Å². The summed E-state index contributed by atoms with van der Waals surface area (Å²) in [7, 11) is 0. The highest BCUT2D eigenvalue weighted by Gasteiger charge is 2.39. The molecule has 1 aliphatic heterocycles. The number of imidazole rings is 1. The van der Waals surface area contributed by atoms with E-state index in [1.165, 1.54) is 0 Å². The minimum absolute atomic E-state index is 0. The molecule has 0 aliphatic carbocycles. The summed E-state index contributed by atoms with van der Waals surface area (Å²) in [5.74, 6) is 0.462. The molecule has 0 radical (unpaired) electrons. The van der Waals surface area contributed by atoms with Gasteiger partial charge in [-0.1, -0.05) is 51.1 Å². The van der Waals surface area contributed by atoms with Gasteiger partial charge in [0.2, 0.25) is 5.91 Å². The Labute approximate surface area is 227 Å². The number of fused-ring (bicyclic) bond motifs is 2. The minimum atomic E-state index is -0.653. The highest BCUT2D eigenvalue weighted by Crippen LogP contribution is 2.24. The Kier molecular flexibility index (Phi) is 7.23. The zero-order chi connectivity index (χ0) is 26.9. The van der Waals surface area contributed by atoms with E-state index in [-0.39, 0.29) is 22.1 Å². The zero-order valence-electron chi connectivity index (χ0n) is 22.5. The molecule has 0 spiro atoms. The first-order valence-corrected chi connectivity index (χ1v) is 13.1. The van der Waals surface area contributed by atoms with Gasteiger partial charge in [-0.25, -0.2) is 4.98 Å². The second kappa shape index (κ2) is 10.6. The maximum atomic E-state index is 13.7. The lowest BCUT2D eigenvalue weighted by molar-refractivity contribution is -0.141. The van der Waals surface area contributed by atoms with Crippen LogP contribution in [0.15, 0.2) is 54.6 Å². The van der Waals surface area contributed by atoms with Gasteiger partial charge in [-0.3, -0.25) is 14.5 Å². The lowest BCUT2D eigenvalue weighted by atomic mass is 9.85. The Morgan fingerprint density at radius 1 is 1.11 bits per heavy atom. The van der Waals surface area contributed by atoms with Crippen LogP contribution in [-0.4, -0.2) is 75.0 Å². The molecule has 1 saturated heterocycles. The number of H-pyrrole nitrogens is 2. The van der Waals surface area contributed by atoms with Gasteiger partial charge in [0.05, 0.1) is 17.8 Å². The number of aromatic nitrogens is 3. The fraction of sp³-hybridized carbons (Fsp3) is 0.414. The summed E-state index contributed by atoms with van der Waals surface area (Å²) in [5, 5.41) is 3.98. The van der Waals surface area contributed by atoms with Gasteiger partial charge in [-0.15, -0.1) is 0 Å². The average Bonchev–Trinajstić information content (AvgIpc) is 3.50. The summed E-state index contributed by atoms with van der Waals surface area (Å²) in [5.41, 5.74) is 2.82. The molecule has 3 heterocycles. The molecule has 3 N–H and O–H groups in total. The number of benzene rings is 2. The summed E-state index contributed by atoms with van der Waals surface area (Å²) in [6.45, 7) is 10.8. The van der Waals surface area contributed by atoms with Crippen molar-refractivity contribution >= 4 is 33.8 Å². The summed E-state index contributed by atoms with van der Waals surface area (Å²) >= 11 is 0. The van der Waals surface area contributed by atoms with Crippen LogP contribution in [0.2, 0.25) is 0 Å². The number of hydrogen-bond acceptors (Lipinski definition) is 5. The molecule has 0 bridgehead atoms. The second-order valence-corrected chi connectivity index (χ2v) is 11.2. The second-order valence-electron chi connectivity index (χ2n) is 11.2. The number of nitrogens with one attached hydrogen (secondary N) is 3. The van der Waals surface area contributed by atoms with Crippen LogP contribution in [0, 0.1) is 5.41 Å². The lowest BCUT2D eigenvalue weighted by Crippen LogP contribution is -2.61. The third kappa shape index (κ3) is 5.58. The molecule has 0 saturated carbocycles. The van der Waals surface area contributed by atoms with Gasteiger partial charge in [-0.05, 0) is 36.6 Å². The van der Waals surface area contributed by atoms with Crippen molar-refractivity contribution in [1.29, 1.82) is 0 Å². The van der Waals surface area contributed by atoms with Gasteiger partial charge < -0.3 is 24.9 Å². The fourth-order valence-corrected chi connectivity index (χ4v) is 5.04. The Bertz CT molecular complexity index is 1380. The first kappa shape index (κ1) is 25.9. The van der Waals surface area contributed by atoms with E-state index in [4.69, 9.17) is 4.74 Å². The molecule has 5 rings (SSSR count). The zero-order valence-corrected chi connectivity index (χ0v) is 22.5. The largest absolute Gasteiger partial charge is 0.358 e. The number of amides is 2. The molecule has 4 aromatic rings. The van der Waals surface area contributed by atoms with E-state index in [9.17, 15) is 9.59 Å². The maximum absolute atomic E-state index is 13.7. The van der Waals surface area contributed by atoms with E-state index in [1.807, 2.05) is 87.2 Å². The van der Waals surface area contributed by atoms with Crippen molar-refractivity contribution < 1.29 is 18.6 Å². The monoisotopic (exact) mass is 522 g/mol. The Balaban J connectivity index is 0.00000196. The average molecular weight is 523 g/mol. The summed E-state index contributed by atoms with van der Waals surface area (Å²) in [6, 6.07) is 16.8. The molecule has 9 heteroatoms. The summed E-state index contributed by atoms with van der Waals surface area (Å²) < 4.78 is 5.93. The van der Waals surface area contributed by atoms with Crippen molar-refractivity contribution in [2.75, 3.05) is 26.4 Å². The van der Waals surface area contributed by atoms with Gasteiger partial charge in [0.25, 0.3) is 5.91 Å². The number of hydrogen-bond donors (Lipinski definition) is 3. The topological polar surface area (TPSA) is 106 Å². The van der Waals surface area contributed by atoms with E-state index in [2.05, 4.69) is 25.2 Å². The van der Waals surface area contributed by atoms with Crippen LogP contribution in [0.3, 0.4) is 0 Å². The Hall–Kier alpha value is -3.69. The third-order valence-corrected chi connectivity index (χ3v) is 7.11. The number of rotatable bonds is 7. The number of carbonyl (C=O) groups is 2. The van der Waals surface area contributed by atoms with Crippen molar-refractivity contribution in [3.63, 3.8) is 0 Å². The van der Waals surface area contributed by atoms with Crippen LogP contribution < -0.4 is 5.32 Å². The molecule has 1 unspecified atom stereocenters. The van der Waals surface area contributed by atoms with Crippen molar-refractivity contribution in [1.82, 2.24) is 30.1 Å². The van der Waals surface area contributed by atoms with E-state index in [0.717, 1.165) is 27.8 Å². The molecule has 1 fully saturated rings. The third-order valence-electron chi connectivity index (χ3n) is 7.11. The van der Waals surface area contributed by atoms with Crippen LogP contribution in [0.5, 0.6) is 0 Å². The normalized spacial score (nSPS) is 17.7. The molecule has 2 aromatic carbocycles. The van der Waals surface area contributed by atoms with Crippen LogP contribution in [0.1, 0.15) is 48.3 Å². The summed E-state index contributed by atoms with van der Waals surface area (Å²) in [4.78, 5) is 41.9. The molecule has 2 amide bonds. The van der Waals surface area contributed by atoms with E-state index < -0.39 is 11.5 Å². The van der Waals surface area contributed by atoms with Gasteiger partial charge in [0.15, 0.2) is 0 Å². The van der Waals surface area contributed by atoms with Gasteiger partial charge in [0.1, 0.15) is 24.2 Å². The predicted molar refractivity (Wildman–Crippen MR) is 154 cm³/mol. The molecular weight excluding hydrogens is 480 g/mol. The Morgan fingerprint density at radius 3 is 2.55 bits per heavy atom. The number of piperazine rings is 1. The first-order chi connectivity index (χ1) is 18.2.